The van der Waals surface area contributed by atoms with Crippen LogP contribution in [-0.2, 0) is 25.5 Å². The van der Waals surface area contributed by atoms with E-state index < -0.39 is 24.0 Å². The highest BCUT2D eigenvalue weighted by molar-refractivity contribution is 6.04. The zero-order valence-electron chi connectivity index (χ0n) is 17.1. The van der Waals surface area contributed by atoms with Gasteiger partial charge >= 0.3 is 0 Å². The number of rotatable bonds is 5. The number of hydrogen-bond acceptors (Lipinski definition) is 6. The molecule has 0 radical (unpaired) electrons. The summed E-state index contributed by atoms with van der Waals surface area (Å²) in [5.41, 5.74) is 8.55. The molecule has 0 saturated carbocycles. The number of ether oxygens (including phenoxy) is 1. The molecule has 1 unspecified atom stereocenters. The third kappa shape index (κ3) is 4.32. The number of hydrogen-bond donors (Lipinski definition) is 5. The minimum atomic E-state index is -1.71. The van der Waals surface area contributed by atoms with E-state index in [9.17, 15) is 19.5 Å². The number of morpholine rings is 1. The molecule has 1 fully saturated rings. The maximum Gasteiger partial charge on any atom is 0.259 e. The minimum Gasteiger partial charge on any atom is -0.384 e. The Bertz CT molecular complexity index is 1080. The normalized spacial score (nSPS) is 19.0. The van der Waals surface area contributed by atoms with Crippen LogP contribution in [0.3, 0.4) is 0 Å². The van der Waals surface area contributed by atoms with Gasteiger partial charge in [-0.2, -0.15) is 0 Å². The molecule has 2 aromatic rings. The van der Waals surface area contributed by atoms with Crippen LogP contribution in [0.2, 0.25) is 0 Å². The highest BCUT2D eigenvalue weighted by Gasteiger charge is 2.39. The third-order valence-corrected chi connectivity index (χ3v) is 5.44. The van der Waals surface area contributed by atoms with Crippen molar-refractivity contribution in [2.24, 2.45) is 5.73 Å². The first-order valence-electron chi connectivity index (χ1n) is 10.1. The summed E-state index contributed by atoms with van der Waals surface area (Å²) in [5, 5.41) is 23.2. The number of aliphatic hydroxyl groups is 1. The van der Waals surface area contributed by atoms with Gasteiger partial charge in [-0.3, -0.25) is 19.8 Å². The number of nitrogen functional groups attached to an aromatic ring is 1. The van der Waals surface area contributed by atoms with Crippen molar-refractivity contribution in [3.05, 3.63) is 53.6 Å². The first-order chi connectivity index (χ1) is 15.3. The molecule has 3 amide bonds. The van der Waals surface area contributed by atoms with E-state index in [-0.39, 0.29) is 24.9 Å². The SMILES string of the molecule is N=C(N)c1ccc(NC(=O)[C@H](O)C2OCCN(c3ccc4c(c3)CCC(=O)N4)C2=O)cc1. The Hall–Kier alpha value is -3.76. The van der Waals surface area contributed by atoms with Gasteiger partial charge in [-0.25, -0.2) is 0 Å². The second-order valence-corrected chi connectivity index (χ2v) is 7.60. The van der Waals surface area contributed by atoms with E-state index in [0.29, 0.717) is 29.8 Å². The lowest BCUT2D eigenvalue weighted by Crippen LogP contribution is -2.55. The van der Waals surface area contributed by atoms with E-state index >= 15 is 0 Å². The molecule has 2 aromatic carbocycles. The minimum absolute atomic E-state index is 0.0437. The molecule has 0 aromatic heterocycles. The Morgan fingerprint density at radius 2 is 1.97 bits per heavy atom. The van der Waals surface area contributed by atoms with Crippen molar-refractivity contribution in [1.82, 2.24) is 0 Å². The molecule has 10 heteroatoms. The van der Waals surface area contributed by atoms with Crippen LogP contribution in [0.5, 0.6) is 0 Å². The van der Waals surface area contributed by atoms with E-state index in [4.69, 9.17) is 15.9 Å². The molecular formula is C22H23N5O5. The van der Waals surface area contributed by atoms with Gasteiger partial charge in [0.2, 0.25) is 5.91 Å². The lowest BCUT2D eigenvalue weighted by atomic mass is 10.0. The third-order valence-electron chi connectivity index (χ3n) is 5.44. The molecule has 10 nitrogen and oxygen atoms in total. The second kappa shape index (κ2) is 8.77. The Kier molecular flexibility index (Phi) is 5.89. The Balaban J connectivity index is 1.46. The molecule has 2 heterocycles. The summed E-state index contributed by atoms with van der Waals surface area (Å²) in [4.78, 5) is 38.6. The van der Waals surface area contributed by atoms with Crippen molar-refractivity contribution < 1.29 is 24.2 Å². The van der Waals surface area contributed by atoms with E-state index in [1.165, 1.54) is 4.90 Å². The Labute approximate surface area is 183 Å². The fourth-order valence-electron chi connectivity index (χ4n) is 3.71. The number of nitrogens with one attached hydrogen (secondary N) is 3. The summed E-state index contributed by atoms with van der Waals surface area (Å²) in [6.07, 6.45) is -2.11. The van der Waals surface area contributed by atoms with Crippen LogP contribution in [-0.4, -0.2) is 54.0 Å². The number of nitrogens with two attached hydrogens (primary N) is 1. The van der Waals surface area contributed by atoms with Crippen molar-refractivity contribution >= 4 is 40.6 Å². The zero-order valence-corrected chi connectivity index (χ0v) is 17.1. The van der Waals surface area contributed by atoms with Gasteiger partial charge in [0.05, 0.1) is 6.61 Å². The molecule has 2 aliphatic heterocycles. The van der Waals surface area contributed by atoms with E-state index in [1.807, 2.05) is 6.07 Å². The van der Waals surface area contributed by atoms with Crippen LogP contribution in [0.4, 0.5) is 17.1 Å². The van der Waals surface area contributed by atoms with Crippen LogP contribution in [0, 0.1) is 5.41 Å². The van der Waals surface area contributed by atoms with E-state index in [2.05, 4.69) is 10.6 Å². The molecular weight excluding hydrogens is 414 g/mol. The number of aryl methyl sites for hydroxylation is 1. The van der Waals surface area contributed by atoms with Crippen molar-refractivity contribution in [3.63, 3.8) is 0 Å². The number of carbonyl (C=O) groups excluding carboxylic acids is 3. The van der Waals surface area contributed by atoms with Gasteiger partial charge in [0.25, 0.3) is 11.8 Å². The van der Waals surface area contributed by atoms with Crippen molar-refractivity contribution in [3.8, 4) is 0 Å². The summed E-state index contributed by atoms with van der Waals surface area (Å²) >= 11 is 0. The number of fused-ring (bicyclic) bond motifs is 1. The highest BCUT2D eigenvalue weighted by Crippen LogP contribution is 2.29. The molecule has 2 atom stereocenters. The first kappa shape index (κ1) is 21.5. The predicted molar refractivity (Wildman–Crippen MR) is 118 cm³/mol. The molecule has 2 aliphatic rings. The fraction of sp³-hybridized carbons (Fsp3) is 0.273. The molecule has 166 valence electrons. The summed E-state index contributed by atoms with van der Waals surface area (Å²) in [6, 6.07) is 11.5. The number of amides is 3. The molecule has 0 bridgehead atoms. The molecule has 6 N–H and O–H groups in total. The van der Waals surface area contributed by atoms with Gasteiger partial charge in [-0.15, -0.1) is 0 Å². The summed E-state index contributed by atoms with van der Waals surface area (Å²) < 4.78 is 5.44. The Morgan fingerprint density at radius 3 is 2.69 bits per heavy atom. The van der Waals surface area contributed by atoms with E-state index in [1.54, 1.807) is 36.4 Å². The molecule has 4 rings (SSSR count). The van der Waals surface area contributed by atoms with Crippen molar-refractivity contribution in [2.45, 2.75) is 25.0 Å². The Morgan fingerprint density at radius 1 is 1.22 bits per heavy atom. The van der Waals surface area contributed by atoms with Gasteiger partial charge in [0.15, 0.2) is 12.2 Å². The average Bonchev–Trinajstić information content (AvgIpc) is 2.79. The molecule has 1 saturated heterocycles. The topological polar surface area (TPSA) is 158 Å². The highest BCUT2D eigenvalue weighted by atomic mass is 16.5. The number of amidine groups is 1. The van der Waals surface area contributed by atoms with Gasteiger partial charge in [-0.05, 0) is 54.4 Å². The summed E-state index contributed by atoms with van der Waals surface area (Å²) in [5.74, 6) is -1.45. The monoisotopic (exact) mass is 437 g/mol. The van der Waals surface area contributed by atoms with E-state index in [0.717, 1.165) is 11.3 Å². The van der Waals surface area contributed by atoms with Crippen LogP contribution >= 0.6 is 0 Å². The standard InChI is InChI=1S/C22H23N5O5/c23-20(24)12-1-4-14(5-2-12)25-21(30)18(29)19-22(31)27(9-10-32-19)15-6-7-16-13(11-15)3-8-17(28)26-16/h1-2,4-7,11,18-19,29H,3,8-10H2,(H3,23,24)(H,25,30)(H,26,28)/t18-,19?/m1/s1. The van der Waals surface area contributed by atoms with Gasteiger partial charge in [0.1, 0.15) is 5.84 Å². The first-order valence-corrected chi connectivity index (χ1v) is 10.1. The van der Waals surface area contributed by atoms with Crippen LogP contribution in [0.1, 0.15) is 17.5 Å². The van der Waals surface area contributed by atoms with Crippen LogP contribution < -0.4 is 21.3 Å². The number of carbonyl (C=O) groups is 3. The predicted octanol–water partition coefficient (Wildman–Crippen LogP) is 0.587. The smallest absolute Gasteiger partial charge is 0.259 e. The maximum atomic E-state index is 13.0. The maximum absolute atomic E-state index is 13.0. The van der Waals surface area contributed by atoms with Crippen LogP contribution in [0.15, 0.2) is 42.5 Å². The molecule has 0 aliphatic carbocycles. The fourth-order valence-corrected chi connectivity index (χ4v) is 3.71. The van der Waals surface area contributed by atoms with Gasteiger partial charge in [-0.1, -0.05) is 0 Å². The largest absolute Gasteiger partial charge is 0.384 e. The number of anilines is 3. The van der Waals surface area contributed by atoms with Crippen molar-refractivity contribution in [2.75, 3.05) is 28.7 Å². The van der Waals surface area contributed by atoms with Crippen molar-refractivity contribution in [1.29, 1.82) is 5.41 Å². The number of nitrogens with zero attached hydrogens (tertiary/aromatic N) is 1. The summed E-state index contributed by atoms with van der Waals surface area (Å²) in [7, 11) is 0. The lowest BCUT2D eigenvalue weighted by Gasteiger charge is -2.34. The summed E-state index contributed by atoms with van der Waals surface area (Å²) in [6.45, 7) is 0.434. The van der Waals surface area contributed by atoms with Gasteiger partial charge < -0.3 is 31.1 Å². The molecule has 0 spiro atoms. The molecule has 32 heavy (non-hydrogen) atoms. The van der Waals surface area contributed by atoms with Gasteiger partial charge in [0, 0.05) is 35.6 Å². The zero-order chi connectivity index (χ0) is 22.8. The second-order valence-electron chi connectivity index (χ2n) is 7.60. The van der Waals surface area contributed by atoms with Crippen LogP contribution in [0.25, 0.3) is 0 Å². The number of benzene rings is 2. The number of aliphatic hydroxyl groups excluding tert-OH is 1. The average molecular weight is 437 g/mol. The quantitative estimate of drug-likeness (QED) is 0.340. The lowest BCUT2D eigenvalue weighted by molar-refractivity contribution is -0.150.